The summed E-state index contributed by atoms with van der Waals surface area (Å²) in [5, 5.41) is 7.65. The molecule has 0 bridgehead atoms. The highest BCUT2D eigenvalue weighted by atomic mass is 35.5. The summed E-state index contributed by atoms with van der Waals surface area (Å²) in [7, 11) is 0. The maximum atomic E-state index is 12.2. The summed E-state index contributed by atoms with van der Waals surface area (Å²) in [4.78, 5) is 16.6. The van der Waals surface area contributed by atoms with Crippen molar-refractivity contribution in [1.82, 2.24) is 15.5 Å². The van der Waals surface area contributed by atoms with Gasteiger partial charge in [-0.1, -0.05) is 28.9 Å². The number of ether oxygens (including phenoxy) is 1. The van der Waals surface area contributed by atoms with E-state index in [2.05, 4.69) is 15.5 Å². The van der Waals surface area contributed by atoms with Gasteiger partial charge in [0, 0.05) is 23.4 Å². The fraction of sp³-hybridized carbons (Fsp3) is 0.318. The third-order valence-electron chi connectivity index (χ3n) is 4.43. The van der Waals surface area contributed by atoms with Crippen molar-refractivity contribution in [2.24, 2.45) is 0 Å². The second-order valence-corrected chi connectivity index (χ2v) is 7.10. The van der Waals surface area contributed by atoms with Crippen molar-refractivity contribution in [3.05, 3.63) is 65.0 Å². The highest BCUT2D eigenvalue weighted by Crippen LogP contribution is 2.20. The SMILES string of the molecule is CCOc1ccc(C(C)NC(=O)CCCc2nc(-c3ccc(Cl)cc3)no2)cc1. The Morgan fingerprint density at radius 1 is 1.17 bits per heavy atom. The van der Waals surface area contributed by atoms with Gasteiger partial charge in [0.15, 0.2) is 0 Å². The van der Waals surface area contributed by atoms with Crippen molar-refractivity contribution >= 4 is 17.5 Å². The van der Waals surface area contributed by atoms with Crippen molar-refractivity contribution in [1.29, 1.82) is 0 Å². The third-order valence-corrected chi connectivity index (χ3v) is 4.69. The normalized spacial score (nSPS) is 11.8. The van der Waals surface area contributed by atoms with Gasteiger partial charge in [-0.15, -0.1) is 0 Å². The lowest BCUT2D eigenvalue weighted by Crippen LogP contribution is -2.26. The van der Waals surface area contributed by atoms with Crippen molar-refractivity contribution in [2.45, 2.75) is 39.2 Å². The Hall–Kier alpha value is -2.86. The number of aromatic nitrogens is 2. The second kappa shape index (κ2) is 10.1. The molecule has 3 aromatic rings. The Labute approximate surface area is 175 Å². The van der Waals surface area contributed by atoms with Crippen LogP contribution in [0.5, 0.6) is 5.75 Å². The van der Waals surface area contributed by atoms with E-state index in [0.29, 0.717) is 42.6 Å². The minimum atomic E-state index is -0.0712. The molecule has 6 nitrogen and oxygen atoms in total. The molecule has 152 valence electrons. The molecule has 1 aromatic heterocycles. The van der Waals surface area contributed by atoms with Gasteiger partial charge in [0.25, 0.3) is 0 Å². The molecule has 0 radical (unpaired) electrons. The summed E-state index contributed by atoms with van der Waals surface area (Å²) < 4.78 is 10.7. The zero-order valence-electron chi connectivity index (χ0n) is 16.5. The van der Waals surface area contributed by atoms with Crippen LogP contribution in [0, 0.1) is 0 Å². The lowest BCUT2D eigenvalue weighted by molar-refractivity contribution is -0.121. The largest absolute Gasteiger partial charge is 0.494 e. The first kappa shape index (κ1) is 20.9. The Kier molecular flexibility index (Phi) is 7.25. The zero-order valence-corrected chi connectivity index (χ0v) is 17.3. The molecule has 0 saturated heterocycles. The zero-order chi connectivity index (χ0) is 20.6. The number of rotatable bonds is 9. The molecule has 0 aliphatic rings. The topological polar surface area (TPSA) is 77.2 Å². The van der Waals surface area contributed by atoms with E-state index < -0.39 is 0 Å². The van der Waals surface area contributed by atoms with E-state index in [1.807, 2.05) is 50.2 Å². The Morgan fingerprint density at radius 2 is 1.90 bits per heavy atom. The van der Waals surface area contributed by atoms with E-state index in [1.165, 1.54) is 0 Å². The van der Waals surface area contributed by atoms with E-state index in [1.54, 1.807) is 12.1 Å². The van der Waals surface area contributed by atoms with Crippen LogP contribution in [0.3, 0.4) is 0 Å². The molecular weight excluding hydrogens is 390 g/mol. The molecule has 0 aliphatic carbocycles. The van der Waals surface area contributed by atoms with E-state index >= 15 is 0 Å². The molecular formula is C22H24ClN3O3. The number of carbonyl (C=O) groups is 1. The molecule has 7 heteroatoms. The van der Waals surface area contributed by atoms with Crippen LogP contribution < -0.4 is 10.1 Å². The molecule has 2 aromatic carbocycles. The van der Waals surface area contributed by atoms with Crippen LogP contribution in [-0.2, 0) is 11.2 Å². The number of aryl methyl sites for hydroxylation is 1. The number of carbonyl (C=O) groups excluding carboxylic acids is 1. The van der Waals surface area contributed by atoms with Gasteiger partial charge in [-0.05, 0) is 62.2 Å². The maximum absolute atomic E-state index is 12.2. The van der Waals surface area contributed by atoms with Crippen LogP contribution >= 0.6 is 11.6 Å². The van der Waals surface area contributed by atoms with Crippen molar-refractivity contribution in [2.75, 3.05) is 6.61 Å². The lowest BCUT2D eigenvalue weighted by atomic mass is 10.1. The highest BCUT2D eigenvalue weighted by molar-refractivity contribution is 6.30. The summed E-state index contributed by atoms with van der Waals surface area (Å²) in [6.45, 7) is 4.54. The molecule has 0 spiro atoms. The summed E-state index contributed by atoms with van der Waals surface area (Å²) in [5.41, 5.74) is 1.87. The van der Waals surface area contributed by atoms with Crippen molar-refractivity contribution in [3.63, 3.8) is 0 Å². The standard InChI is InChI=1S/C22H24ClN3O3/c1-3-28-19-13-9-16(10-14-19)15(2)24-20(27)5-4-6-21-25-22(26-29-21)17-7-11-18(23)12-8-17/h7-15H,3-6H2,1-2H3,(H,24,27). The summed E-state index contributed by atoms with van der Waals surface area (Å²) >= 11 is 5.89. The monoisotopic (exact) mass is 413 g/mol. The molecule has 29 heavy (non-hydrogen) atoms. The Bertz CT molecular complexity index is 923. The lowest BCUT2D eigenvalue weighted by Gasteiger charge is -2.14. The van der Waals surface area contributed by atoms with Gasteiger partial charge in [-0.3, -0.25) is 4.79 Å². The van der Waals surface area contributed by atoms with Crippen LogP contribution in [-0.4, -0.2) is 22.7 Å². The molecule has 1 N–H and O–H groups in total. The van der Waals surface area contributed by atoms with Gasteiger partial charge >= 0.3 is 0 Å². The van der Waals surface area contributed by atoms with Gasteiger partial charge < -0.3 is 14.6 Å². The number of halogens is 1. The van der Waals surface area contributed by atoms with Crippen LogP contribution in [0.15, 0.2) is 53.1 Å². The molecule has 1 unspecified atom stereocenters. The third kappa shape index (κ3) is 6.06. The van der Waals surface area contributed by atoms with Crippen molar-refractivity contribution in [3.8, 4) is 17.1 Å². The highest BCUT2D eigenvalue weighted by Gasteiger charge is 2.12. The predicted octanol–water partition coefficient (Wildman–Crippen LogP) is 4.99. The van der Waals surface area contributed by atoms with E-state index in [-0.39, 0.29) is 11.9 Å². The summed E-state index contributed by atoms with van der Waals surface area (Å²) in [6.07, 6.45) is 1.57. The van der Waals surface area contributed by atoms with Gasteiger partial charge in [0.05, 0.1) is 12.6 Å². The Morgan fingerprint density at radius 3 is 2.59 bits per heavy atom. The van der Waals surface area contributed by atoms with Crippen LogP contribution in [0.4, 0.5) is 0 Å². The maximum Gasteiger partial charge on any atom is 0.226 e. The first-order valence-corrected chi connectivity index (χ1v) is 10.0. The number of nitrogens with zero attached hydrogens (tertiary/aromatic N) is 2. The average molecular weight is 414 g/mol. The quantitative estimate of drug-likeness (QED) is 0.534. The minimum absolute atomic E-state index is 0.0103. The van der Waals surface area contributed by atoms with Gasteiger partial charge in [0.1, 0.15) is 5.75 Å². The molecule has 0 aliphatic heterocycles. The van der Waals surface area contributed by atoms with Gasteiger partial charge in [0.2, 0.25) is 17.6 Å². The number of hydrogen-bond acceptors (Lipinski definition) is 5. The molecule has 3 rings (SSSR count). The van der Waals surface area contributed by atoms with Crippen LogP contribution in [0.1, 0.15) is 44.2 Å². The fourth-order valence-corrected chi connectivity index (χ4v) is 3.02. The molecule has 1 heterocycles. The molecule has 0 fully saturated rings. The minimum Gasteiger partial charge on any atom is -0.494 e. The van der Waals surface area contributed by atoms with Gasteiger partial charge in [-0.25, -0.2) is 0 Å². The van der Waals surface area contributed by atoms with E-state index in [9.17, 15) is 4.79 Å². The van der Waals surface area contributed by atoms with E-state index in [4.69, 9.17) is 20.9 Å². The van der Waals surface area contributed by atoms with Crippen LogP contribution in [0.2, 0.25) is 5.02 Å². The average Bonchev–Trinajstić information content (AvgIpc) is 3.18. The first-order chi connectivity index (χ1) is 14.0. The summed E-state index contributed by atoms with van der Waals surface area (Å²) in [6, 6.07) is 14.9. The fourth-order valence-electron chi connectivity index (χ4n) is 2.89. The molecule has 1 atom stereocenters. The first-order valence-electron chi connectivity index (χ1n) is 9.66. The van der Waals surface area contributed by atoms with Gasteiger partial charge in [-0.2, -0.15) is 4.98 Å². The van der Waals surface area contributed by atoms with Crippen LogP contribution in [0.25, 0.3) is 11.4 Å². The number of nitrogens with one attached hydrogen (secondary N) is 1. The smallest absolute Gasteiger partial charge is 0.226 e. The van der Waals surface area contributed by atoms with Crippen molar-refractivity contribution < 1.29 is 14.1 Å². The number of amides is 1. The van der Waals surface area contributed by atoms with E-state index in [0.717, 1.165) is 16.9 Å². The number of hydrogen-bond donors (Lipinski definition) is 1. The molecule has 1 amide bonds. The number of benzene rings is 2. The second-order valence-electron chi connectivity index (χ2n) is 6.66. The Balaban J connectivity index is 1.44. The molecule has 0 saturated carbocycles. The predicted molar refractivity (Wildman–Crippen MR) is 112 cm³/mol. The summed E-state index contributed by atoms with van der Waals surface area (Å²) in [5.74, 6) is 1.85.